The first-order valence-corrected chi connectivity index (χ1v) is 6.49. The number of aryl methyl sites for hydroxylation is 1. The number of amides is 1. The van der Waals surface area contributed by atoms with Crippen molar-refractivity contribution >= 4 is 18.0 Å². The molecule has 1 amide bonds. The van der Waals surface area contributed by atoms with Crippen LogP contribution in [0, 0.1) is 12.3 Å². The first kappa shape index (κ1) is 16.0. The zero-order valence-electron chi connectivity index (χ0n) is 12.3. The Morgan fingerprint density at radius 1 is 1.25 bits per heavy atom. The van der Waals surface area contributed by atoms with Gasteiger partial charge < -0.3 is 10.4 Å². The fourth-order valence-corrected chi connectivity index (χ4v) is 1.78. The lowest BCUT2D eigenvalue weighted by Crippen LogP contribution is -2.48. The molecule has 0 saturated carbocycles. The van der Waals surface area contributed by atoms with Crippen LogP contribution in [0.3, 0.4) is 0 Å². The molecule has 0 spiro atoms. The van der Waals surface area contributed by atoms with Crippen LogP contribution in [0.1, 0.15) is 31.9 Å². The molecule has 0 saturated heterocycles. The van der Waals surface area contributed by atoms with E-state index in [9.17, 15) is 9.59 Å². The largest absolute Gasteiger partial charge is 0.480 e. The lowest BCUT2D eigenvalue weighted by Gasteiger charge is -2.27. The maximum Gasteiger partial charge on any atom is 0.326 e. The Kier molecular flexibility index (Phi) is 5.08. The van der Waals surface area contributed by atoms with Crippen LogP contribution in [0.15, 0.2) is 30.3 Å². The SMILES string of the molecule is Cc1ccccc1/C=C/C(=O)N[C@@H](C(=O)O)C(C)(C)C. The molecule has 4 heteroatoms. The fourth-order valence-electron chi connectivity index (χ4n) is 1.78. The molecule has 0 aliphatic heterocycles. The minimum absolute atomic E-state index is 0.407. The van der Waals surface area contributed by atoms with Crippen molar-refractivity contribution in [3.8, 4) is 0 Å². The van der Waals surface area contributed by atoms with E-state index in [1.807, 2.05) is 31.2 Å². The average molecular weight is 275 g/mol. The van der Waals surface area contributed by atoms with Gasteiger partial charge in [0.1, 0.15) is 6.04 Å². The van der Waals surface area contributed by atoms with E-state index in [-0.39, 0.29) is 0 Å². The number of carbonyl (C=O) groups is 2. The molecular formula is C16H21NO3. The second-order valence-electron chi connectivity index (χ2n) is 5.84. The van der Waals surface area contributed by atoms with E-state index in [0.717, 1.165) is 11.1 Å². The third-order valence-corrected chi connectivity index (χ3v) is 3.00. The van der Waals surface area contributed by atoms with E-state index in [1.165, 1.54) is 6.08 Å². The summed E-state index contributed by atoms with van der Waals surface area (Å²) in [4.78, 5) is 23.0. The van der Waals surface area contributed by atoms with Crippen LogP contribution < -0.4 is 5.32 Å². The van der Waals surface area contributed by atoms with Gasteiger partial charge in [-0.25, -0.2) is 4.79 Å². The Balaban J connectivity index is 2.77. The van der Waals surface area contributed by atoms with E-state index in [2.05, 4.69) is 5.32 Å². The number of hydrogen-bond acceptors (Lipinski definition) is 2. The predicted molar refractivity (Wildman–Crippen MR) is 79.2 cm³/mol. The van der Waals surface area contributed by atoms with Crippen molar-refractivity contribution in [3.05, 3.63) is 41.5 Å². The monoisotopic (exact) mass is 275 g/mol. The zero-order chi connectivity index (χ0) is 15.3. The molecule has 1 aromatic carbocycles. The molecular weight excluding hydrogens is 254 g/mol. The van der Waals surface area contributed by atoms with Crippen LogP contribution in [0.25, 0.3) is 6.08 Å². The van der Waals surface area contributed by atoms with Gasteiger partial charge in [0.15, 0.2) is 0 Å². The molecule has 20 heavy (non-hydrogen) atoms. The van der Waals surface area contributed by atoms with Crippen LogP contribution in [0.4, 0.5) is 0 Å². The summed E-state index contributed by atoms with van der Waals surface area (Å²) in [5.74, 6) is -1.44. The van der Waals surface area contributed by atoms with Gasteiger partial charge in [-0.1, -0.05) is 45.0 Å². The molecule has 0 aliphatic carbocycles. The van der Waals surface area contributed by atoms with Crippen molar-refractivity contribution < 1.29 is 14.7 Å². The van der Waals surface area contributed by atoms with Crippen molar-refractivity contribution in [2.45, 2.75) is 33.7 Å². The molecule has 0 aliphatic rings. The van der Waals surface area contributed by atoms with Crippen molar-refractivity contribution in [2.75, 3.05) is 0 Å². The molecule has 0 unspecified atom stereocenters. The molecule has 4 nitrogen and oxygen atoms in total. The van der Waals surface area contributed by atoms with E-state index in [0.29, 0.717) is 0 Å². The lowest BCUT2D eigenvalue weighted by atomic mass is 9.87. The van der Waals surface area contributed by atoms with Gasteiger partial charge in [0, 0.05) is 6.08 Å². The summed E-state index contributed by atoms with van der Waals surface area (Å²) >= 11 is 0. The topological polar surface area (TPSA) is 66.4 Å². The highest BCUT2D eigenvalue weighted by molar-refractivity contribution is 5.94. The second-order valence-corrected chi connectivity index (χ2v) is 5.84. The molecule has 0 aromatic heterocycles. The molecule has 1 rings (SSSR count). The van der Waals surface area contributed by atoms with Gasteiger partial charge in [-0.2, -0.15) is 0 Å². The molecule has 0 bridgehead atoms. The summed E-state index contributed by atoms with van der Waals surface area (Å²) in [5.41, 5.74) is 1.45. The number of hydrogen-bond donors (Lipinski definition) is 2. The molecule has 1 aromatic rings. The number of aliphatic carboxylic acids is 1. The summed E-state index contributed by atoms with van der Waals surface area (Å²) in [7, 11) is 0. The highest BCUT2D eigenvalue weighted by Crippen LogP contribution is 2.19. The minimum Gasteiger partial charge on any atom is -0.480 e. The molecule has 2 N–H and O–H groups in total. The van der Waals surface area contributed by atoms with Gasteiger partial charge in [0.25, 0.3) is 0 Å². The van der Waals surface area contributed by atoms with Crippen LogP contribution in [0.5, 0.6) is 0 Å². The van der Waals surface area contributed by atoms with E-state index < -0.39 is 23.3 Å². The van der Waals surface area contributed by atoms with Crippen molar-refractivity contribution in [1.29, 1.82) is 0 Å². The third-order valence-electron chi connectivity index (χ3n) is 3.00. The van der Waals surface area contributed by atoms with Gasteiger partial charge in [-0.05, 0) is 29.5 Å². The van der Waals surface area contributed by atoms with Crippen LogP contribution in [-0.2, 0) is 9.59 Å². The lowest BCUT2D eigenvalue weighted by molar-refractivity contribution is -0.144. The summed E-state index contributed by atoms with van der Waals surface area (Å²) in [6.45, 7) is 7.28. The standard InChI is InChI=1S/C16H21NO3/c1-11-7-5-6-8-12(11)9-10-13(18)17-14(15(19)20)16(2,3)4/h5-10,14H,1-4H3,(H,17,18)(H,19,20)/b10-9+/t14-/m0/s1. The average Bonchev–Trinajstić information content (AvgIpc) is 2.33. The Labute approximate surface area is 119 Å². The Bertz CT molecular complexity index is 527. The predicted octanol–water partition coefficient (Wildman–Crippen LogP) is 2.62. The van der Waals surface area contributed by atoms with Crippen molar-refractivity contribution in [1.82, 2.24) is 5.32 Å². The highest BCUT2D eigenvalue weighted by Gasteiger charge is 2.31. The number of carbonyl (C=O) groups excluding carboxylic acids is 1. The second kappa shape index (κ2) is 6.37. The van der Waals surface area contributed by atoms with E-state index in [1.54, 1.807) is 26.8 Å². The third kappa shape index (κ3) is 4.53. The first-order chi connectivity index (χ1) is 9.21. The van der Waals surface area contributed by atoms with E-state index in [4.69, 9.17) is 5.11 Å². The molecule has 0 heterocycles. The summed E-state index contributed by atoms with van der Waals surface area (Å²) < 4.78 is 0. The molecule has 108 valence electrons. The summed E-state index contributed by atoms with van der Waals surface area (Å²) in [6.07, 6.45) is 3.05. The first-order valence-electron chi connectivity index (χ1n) is 6.49. The maximum atomic E-state index is 11.8. The van der Waals surface area contributed by atoms with Crippen LogP contribution in [-0.4, -0.2) is 23.0 Å². The quantitative estimate of drug-likeness (QED) is 0.830. The van der Waals surface area contributed by atoms with Crippen LogP contribution >= 0.6 is 0 Å². The Hall–Kier alpha value is -2.10. The molecule has 0 radical (unpaired) electrons. The van der Waals surface area contributed by atoms with Gasteiger partial charge in [-0.3, -0.25) is 4.79 Å². The molecule has 1 atom stereocenters. The number of carboxylic acids is 1. The highest BCUT2D eigenvalue weighted by atomic mass is 16.4. The Morgan fingerprint density at radius 2 is 1.85 bits per heavy atom. The van der Waals surface area contributed by atoms with Gasteiger partial charge >= 0.3 is 5.97 Å². The number of rotatable bonds is 4. The zero-order valence-corrected chi connectivity index (χ0v) is 12.3. The fraction of sp³-hybridized carbons (Fsp3) is 0.375. The van der Waals surface area contributed by atoms with Gasteiger partial charge in [0.2, 0.25) is 5.91 Å². The molecule has 0 fully saturated rings. The normalized spacial score (nSPS) is 13.2. The number of nitrogens with one attached hydrogen (secondary N) is 1. The van der Waals surface area contributed by atoms with Gasteiger partial charge in [0.05, 0.1) is 0 Å². The van der Waals surface area contributed by atoms with Crippen molar-refractivity contribution in [3.63, 3.8) is 0 Å². The van der Waals surface area contributed by atoms with Gasteiger partial charge in [-0.15, -0.1) is 0 Å². The Morgan fingerprint density at radius 3 is 2.35 bits per heavy atom. The minimum atomic E-state index is -1.03. The van der Waals surface area contributed by atoms with Crippen molar-refractivity contribution in [2.24, 2.45) is 5.41 Å². The summed E-state index contributed by atoms with van der Waals surface area (Å²) in [6, 6.07) is 6.74. The van der Waals surface area contributed by atoms with E-state index >= 15 is 0 Å². The van der Waals surface area contributed by atoms with Crippen LogP contribution in [0.2, 0.25) is 0 Å². The number of carboxylic acid groups (broad SMARTS) is 1. The smallest absolute Gasteiger partial charge is 0.326 e. The number of benzene rings is 1. The maximum absolute atomic E-state index is 11.8. The summed E-state index contributed by atoms with van der Waals surface area (Å²) in [5, 5.41) is 11.7.